The number of hydrogen-bond acceptors (Lipinski definition) is 1. The van der Waals surface area contributed by atoms with Gasteiger partial charge < -0.3 is 4.90 Å². The summed E-state index contributed by atoms with van der Waals surface area (Å²) >= 11 is 0. The summed E-state index contributed by atoms with van der Waals surface area (Å²) in [7, 11) is 0. The van der Waals surface area contributed by atoms with Crippen molar-refractivity contribution in [1.29, 1.82) is 0 Å². The van der Waals surface area contributed by atoms with Crippen molar-refractivity contribution in [3.8, 4) is 0 Å². The lowest BCUT2D eigenvalue weighted by molar-refractivity contribution is -0.129. The van der Waals surface area contributed by atoms with Crippen LogP contribution in [0.1, 0.15) is 64.2 Å². The van der Waals surface area contributed by atoms with E-state index in [2.05, 4.69) is 11.0 Å². The van der Waals surface area contributed by atoms with E-state index in [1.807, 2.05) is 0 Å². The van der Waals surface area contributed by atoms with E-state index in [-0.39, 0.29) is 0 Å². The Morgan fingerprint density at radius 1 is 1.17 bits per heavy atom. The van der Waals surface area contributed by atoms with E-state index in [0.717, 1.165) is 19.4 Å². The Kier molecular flexibility index (Phi) is 3.72. The summed E-state index contributed by atoms with van der Waals surface area (Å²) in [5, 5.41) is 0. The van der Waals surface area contributed by atoms with Crippen molar-refractivity contribution >= 4 is 5.91 Å². The number of carbonyl (C=O) groups is 1. The summed E-state index contributed by atoms with van der Waals surface area (Å²) in [5.41, 5.74) is 1.60. The molecule has 2 aliphatic carbocycles. The maximum absolute atomic E-state index is 12.1. The standard InChI is InChI=1S/C16H25NO/c18-16-12-14-8-4-5-9-15(14)17(16)11-10-13-6-2-1-3-7-13/h6,14-15H,1-5,7-12H2/t14-,15-/m1/s1. The molecular formula is C16H25NO. The number of carbonyl (C=O) groups excluding carboxylic acids is 1. The number of likely N-dealkylation sites (tertiary alicyclic amines) is 1. The van der Waals surface area contributed by atoms with Crippen molar-refractivity contribution in [3.05, 3.63) is 11.6 Å². The topological polar surface area (TPSA) is 20.3 Å². The summed E-state index contributed by atoms with van der Waals surface area (Å²) in [5.74, 6) is 1.12. The van der Waals surface area contributed by atoms with Gasteiger partial charge in [-0.15, -0.1) is 0 Å². The minimum Gasteiger partial charge on any atom is -0.339 e. The van der Waals surface area contributed by atoms with Crippen LogP contribution in [-0.4, -0.2) is 23.4 Å². The van der Waals surface area contributed by atoms with Crippen LogP contribution in [0.3, 0.4) is 0 Å². The Hall–Kier alpha value is -0.790. The van der Waals surface area contributed by atoms with Gasteiger partial charge in [-0.25, -0.2) is 0 Å². The van der Waals surface area contributed by atoms with Gasteiger partial charge in [0.25, 0.3) is 0 Å². The van der Waals surface area contributed by atoms with Gasteiger partial charge in [0.2, 0.25) is 5.91 Å². The molecule has 0 aromatic carbocycles. The van der Waals surface area contributed by atoms with Crippen LogP contribution in [0.25, 0.3) is 0 Å². The van der Waals surface area contributed by atoms with Gasteiger partial charge in [0.15, 0.2) is 0 Å². The molecule has 0 bridgehead atoms. The maximum atomic E-state index is 12.1. The van der Waals surface area contributed by atoms with Crippen LogP contribution in [0.5, 0.6) is 0 Å². The van der Waals surface area contributed by atoms with Crippen LogP contribution in [0.4, 0.5) is 0 Å². The maximum Gasteiger partial charge on any atom is 0.223 e. The van der Waals surface area contributed by atoms with Crippen molar-refractivity contribution < 1.29 is 4.79 Å². The molecule has 2 heteroatoms. The third-order valence-electron chi connectivity index (χ3n) is 5.09. The van der Waals surface area contributed by atoms with Crippen LogP contribution >= 0.6 is 0 Å². The highest BCUT2D eigenvalue weighted by Gasteiger charge is 2.40. The SMILES string of the molecule is O=C1C[C@H]2CCCC[C@H]2N1CCC1=CCCCC1. The Morgan fingerprint density at radius 2 is 2.06 bits per heavy atom. The first-order valence-corrected chi connectivity index (χ1v) is 7.82. The van der Waals surface area contributed by atoms with Gasteiger partial charge in [-0.05, 0) is 50.9 Å². The van der Waals surface area contributed by atoms with E-state index < -0.39 is 0 Å². The molecule has 100 valence electrons. The van der Waals surface area contributed by atoms with E-state index in [0.29, 0.717) is 17.9 Å². The summed E-state index contributed by atoms with van der Waals surface area (Å²) in [4.78, 5) is 14.3. The van der Waals surface area contributed by atoms with Gasteiger partial charge >= 0.3 is 0 Å². The fraction of sp³-hybridized carbons (Fsp3) is 0.812. The van der Waals surface area contributed by atoms with E-state index >= 15 is 0 Å². The number of nitrogens with zero attached hydrogens (tertiary/aromatic N) is 1. The molecule has 0 aromatic rings. The van der Waals surface area contributed by atoms with Gasteiger partial charge in [0.1, 0.15) is 0 Å². The van der Waals surface area contributed by atoms with Crippen molar-refractivity contribution in [2.75, 3.05) is 6.54 Å². The number of fused-ring (bicyclic) bond motifs is 1. The highest BCUT2D eigenvalue weighted by Crippen LogP contribution is 2.37. The molecule has 2 fully saturated rings. The van der Waals surface area contributed by atoms with E-state index in [9.17, 15) is 4.79 Å². The van der Waals surface area contributed by atoms with Gasteiger partial charge in [-0.3, -0.25) is 4.79 Å². The Bertz CT molecular complexity index is 347. The second-order valence-corrected chi connectivity index (χ2v) is 6.26. The third-order valence-corrected chi connectivity index (χ3v) is 5.09. The minimum absolute atomic E-state index is 0.434. The molecule has 3 rings (SSSR count). The Labute approximate surface area is 110 Å². The van der Waals surface area contributed by atoms with Crippen molar-refractivity contribution in [2.24, 2.45) is 5.92 Å². The fourth-order valence-corrected chi connectivity index (χ4v) is 4.05. The van der Waals surface area contributed by atoms with Crippen LogP contribution in [0.15, 0.2) is 11.6 Å². The molecule has 0 aromatic heterocycles. The molecule has 0 unspecified atom stereocenters. The lowest BCUT2D eigenvalue weighted by Gasteiger charge is -2.32. The predicted octanol–water partition coefficient (Wildman–Crippen LogP) is 3.67. The van der Waals surface area contributed by atoms with Crippen LogP contribution in [-0.2, 0) is 4.79 Å². The quantitative estimate of drug-likeness (QED) is 0.697. The predicted molar refractivity (Wildman–Crippen MR) is 73.2 cm³/mol. The molecule has 2 atom stereocenters. The van der Waals surface area contributed by atoms with Crippen LogP contribution in [0, 0.1) is 5.92 Å². The molecule has 0 radical (unpaired) electrons. The second-order valence-electron chi connectivity index (χ2n) is 6.26. The van der Waals surface area contributed by atoms with Crippen LogP contribution in [0.2, 0.25) is 0 Å². The first-order chi connectivity index (χ1) is 8.84. The van der Waals surface area contributed by atoms with Gasteiger partial charge in [-0.2, -0.15) is 0 Å². The summed E-state index contributed by atoms with van der Waals surface area (Å²) in [6.45, 7) is 0.992. The van der Waals surface area contributed by atoms with Crippen molar-refractivity contribution in [2.45, 2.75) is 70.3 Å². The zero-order valence-electron chi connectivity index (χ0n) is 11.4. The van der Waals surface area contributed by atoms with Crippen molar-refractivity contribution in [3.63, 3.8) is 0 Å². The number of amides is 1. The molecule has 0 spiro atoms. The van der Waals surface area contributed by atoms with E-state index in [1.165, 1.54) is 51.4 Å². The van der Waals surface area contributed by atoms with Gasteiger partial charge in [0.05, 0.1) is 0 Å². The molecule has 1 saturated carbocycles. The van der Waals surface area contributed by atoms with E-state index in [4.69, 9.17) is 0 Å². The largest absolute Gasteiger partial charge is 0.339 e. The molecule has 0 N–H and O–H groups in total. The molecule has 1 heterocycles. The average Bonchev–Trinajstić information content (AvgIpc) is 2.73. The second kappa shape index (κ2) is 5.46. The Morgan fingerprint density at radius 3 is 2.89 bits per heavy atom. The molecular weight excluding hydrogens is 222 g/mol. The summed E-state index contributed by atoms with van der Waals surface area (Å²) in [6, 6.07) is 0.593. The molecule has 3 aliphatic rings. The Balaban J connectivity index is 1.57. The fourth-order valence-electron chi connectivity index (χ4n) is 4.05. The average molecular weight is 247 g/mol. The highest BCUT2D eigenvalue weighted by atomic mass is 16.2. The van der Waals surface area contributed by atoms with Crippen molar-refractivity contribution in [1.82, 2.24) is 4.90 Å². The molecule has 1 amide bonds. The number of rotatable bonds is 3. The molecule has 1 aliphatic heterocycles. The summed E-state index contributed by atoms with van der Waals surface area (Å²) < 4.78 is 0. The molecule has 18 heavy (non-hydrogen) atoms. The normalized spacial score (nSPS) is 32.3. The van der Waals surface area contributed by atoms with Gasteiger partial charge in [-0.1, -0.05) is 24.5 Å². The number of hydrogen-bond donors (Lipinski definition) is 0. The zero-order valence-corrected chi connectivity index (χ0v) is 11.4. The lowest BCUT2D eigenvalue weighted by Crippen LogP contribution is -2.37. The highest BCUT2D eigenvalue weighted by molar-refractivity contribution is 5.79. The number of allylic oxidation sites excluding steroid dienone is 1. The third kappa shape index (κ3) is 2.48. The summed E-state index contributed by atoms with van der Waals surface area (Å²) in [6.07, 6.45) is 14.8. The lowest BCUT2D eigenvalue weighted by atomic mass is 9.85. The van der Waals surface area contributed by atoms with E-state index in [1.54, 1.807) is 5.57 Å². The molecule has 1 saturated heterocycles. The molecule has 2 nitrogen and oxygen atoms in total. The first-order valence-electron chi connectivity index (χ1n) is 7.82. The minimum atomic E-state index is 0.434. The first kappa shape index (κ1) is 12.3. The zero-order chi connectivity index (χ0) is 12.4. The van der Waals surface area contributed by atoms with Crippen LogP contribution < -0.4 is 0 Å². The monoisotopic (exact) mass is 247 g/mol. The smallest absolute Gasteiger partial charge is 0.223 e. The van der Waals surface area contributed by atoms with Gasteiger partial charge in [0, 0.05) is 19.0 Å².